The maximum atomic E-state index is 13.5. The molecule has 0 N–H and O–H groups in total. The third-order valence-corrected chi connectivity index (χ3v) is 5.26. The number of thioether (sulfide) groups is 1. The van der Waals surface area contributed by atoms with Crippen LogP contribution in [0.3, 0.4) is 0 Å². The summed E-state index contributed by atoms with van der Waals surface area (Å²) in [5.41, 5.74) is 2.14. The molecule has 2 aromatic rings. The lowest BCUT2D eigenvalue weighted by molar-refractivity contribution is -0.144. The minimum Gasteiger partial charge on any atom is -0.267 e. The lowest BCUT2D eigenvalue weighted by Gasteiger charge is -2.20. The molecule has 0 radical (unpaired) electrons. The third-order valence-electron chi connectivity index (χ3n) is 4.45. The van der Waals surface area contributed by atoms with Gasteiger partial charge in [-0.2, -0.15) is 18.3 Å². The quantitative estimate of drug-likeness (QED) is 0.690. The molecule has 0 aliphatic rings. The first kappa shape index (κ1) is 20.6. The molecule has 7 heteroatoms. The van der Waals surface area contributed by atoms with E-state index in [9.17, 15) is 18.0 Å². The van der Waals surface area contributed by atoms with Crippen LogP contribution in [0.25, 0.3) is 11.1 Å². The molecule has 0 saturated carbocycles. The predicted octanol–water partition coefficient (Wildman–Crippen LogP) is 4.88. The summed E-state index contributed by atoms with van der Waals surface area (Å²) in [5.74, 6) is 0. The highest BCUT2D eigenvalue weighted by Crippen LogP contribution is 2.40. The van der Waals surface area contributed by atoms with Gasteiger partial charge in [0.05, 0.1) is 10.5 Å². The van der Waals surface area contributed by atoms with Crippen molar-refractivity contribution in [3.8, 4) is 11.1 Å². The van der Waals surface area contributed by atoms with Gasteiger partial charge in [-0.05, 0) is 47.8 Å². The Morgan fingerprint density at radius 1 is 1.04 bits per heavy atom. The van der Waals surface area contributed by atoms with Crippen molar-refractivity contribution in [3.05, 3.63) is 44.9 Å². The maximum Gasteiger partial charge on any atom is 0.436 e. The lowest BCUT2D eigenvalue weighted by Crippen LogP contribution is -2.28. The van der Waals surface area contributed by atoms with Gasteiger partial charge in [0.25, 0.3) is 5.56 Å². The predicted molar refractivity (Wildman–Crippen MR) is 99.8 cm³/mol. The second-order valence-electron chi connectivity index (χ2n) is 6.03. The third kappa shape index (κ3) is 3.68. The van der Waals surface area contributed by atoms with Gasteiger partial charge in [0.2, 0.25) is 0 Å². The van der Waals surface area contributed by atoms with Crippen LogP contribution < -0.4 is 5.56 Å². The van der Waals surface area contributed by atoms with Gasteiger partial charge in [0.15, 0.2) is 5.69 Å². The van der Waals surface area contributed by atoms with Crippen molar-refractivity contribution in [2.24, 2.45) is 7.05 Å². The average Bonchev–Trinajstić information content (AvgIpc) is 2.61. The van der Waals surface area contributed by atoms with Crippen LogP contribution in [0.4, 0.5) is 13.2 Å². The van der Waals surface area contributed by atoms with E-state index in [1.165, 1.54) is 7.05 Å². The van der Waals surface area contributed by atoms with Gasteiger partial charge in [-0.25, -0.2) is 4.68 Å². The summed E-state index contributed by atoms with van der Waals surface area (Å²) in [7, 11) is 1.27. The van der Waals surface area contributed by atoms with Crippen LogP contribution in [0.5, 0.6) is 0 Å². The lowest BCUT2D eigenvalue weighted by atomic mass is 9.89. The van der Waals surface area contributed by atoms with E-state index in [2.05, 4.69) is 5.10 Å². The number of aryl methyl sites for hydroxylation is 4. The first-order valence-electron chi connectivity index (χ1n) is 8.56. The Kier molecular flexibility index (Phi) is 6.21. The van der Waals surface area contributed by atoms with Crippen molar-refractivity contribution in [3.63, 3.8) is 0 Å². The largest absolute Gasteiger partial charge is 0.436 e. The molecule has 0 fully saturated rings. The van der Waals surface area contributed by atoms with Crippen molar-refractivity contribution in [1.82, 2.24) is 9.78 Å². The van der Waals surface area contributed by atoms with Crippen molar-refractivity contribution in [2.45, 2.75) is 51.1 Å². The molecule has 0 bridgehead atoms. The molecule has 3 nitrogen and oxygen atoms in total. The van der Waals surface area contributed by atoms with E-state index in [4.69, 9.17) is 0 Å². The van der Waals surface area contributed by atoms with E-state index in [0.717, 1.165) is 39.6 Å². The van der Waals surface area contributed by atoms with Gasteiger partial charge in [-0.15, -0.1) is 11.8 Å². The van der Waals surface area contributed by atoms with E-state index >= 15 is 0 Å². The molecule has 0 spiro atoms. The molecule has 1 heterocycles. The van der Waals surface area contributed by atoms with E-state index < -0.39 is 17.4 Å². The smallest absolute Gasteiger partial charge is 0.267 e. The molecule has 1 aromatic heterocycles. The van der Waals surface area contributed by atoms with Gasteiger partial charge in [-0.3, -0.25) is 4.79 Å². The van der Waals surface area contributed by atoms with Crippen LogP contribution in [0.15, 0.2) is 21.8 Å². The zero-order valence-electron chi connectivity index (χ0n) is 15.6. The minimum atomic E-state index is -4.62. The van der Waals surface area contributed by atoms with Gasteiger partial charge < -0.3 is 0 Å². The highest BCUT2D eigenvalue weighted by Gasteiger charge is 2.38. The topological polar surface area (TPSA) is 34.9 Å². The molecule has 2 rings (SSSR count). The molecule has 0 aliphatic carbocycles. The number of hydrogen-bond acceptors (Lipinski definition) is 3. The molecule has 0 saturated heterocycles. The number of alkyl halides is 3. The SMILES string of the molecule is CCc1cc(CC)c(-c2c(SC)c(C(F)(F)F)nn(C)c2=O)c(CC)c1. The Labute approximate surface area is 155 Å². The Bertz CT molecular complexity index is 847. The zero-order valence-corrected chi connectivity index (χ0v) is 16.4. The summed E-state index contributed by atoms with van der Waals surface area (Å²) in [5, 5.41) is 3.50. The van der Waals surface area contributed by atoms with Gasteiger partial charge in [0.1, 0.15) is 0 Å². The fourth-order valence-electron chi connectivity index (χ4n) is 3.15. The number of halogens is 3. The summed E-state index contributed by atoms with van der Waals surface area (Å²) in [6.07, 6.45) is -0.973. The summed E-state index contributed by atoms with van der Waals surface area (Å²) in [4.78, 5) is 12.7. The Morgan fingerprint density at radius 2 is 1.58 bits per heavy atom. The Morgan fingerprint density at radius 3 is 1.96 bits per heavy atom. The van der Waals surface area contributed by atoms with E-state index in [1.54, 1.807) is 6.26 Å². The van der Waals surface area contributed by atoms with Gasteiger partial charge in [-0.1, -0.05) is 32.9 Å². The van der Waals surface area contributed by atoms with Crippen LogP contribution in [0.2, 0.25) is 0 Å². The summed E-state index contributed by atoms with van der Waals surface area (Å²) in [6, 6.07) is 3.98. The van der Waals surface area contributed by atoms with Crippen LogP contribution in [0, 0.1) is 0 Å². The number of rotatable bonds is 5. The highest BCUT2D eigenvalue weighted by atomic mass is 32.2. The van der Waals surface area contributed by atoms with Crippen LogP contribution in [0.1, 0.15) is 43.2 Å². The molecule has 1 aromatic carbocycles. The standard InChI is InChI=1S/C19H23F3N2OS/c1-6-11-9-12(7-2)14(13(8-3)10-11)15-16(26-5)17(19(20,21)22)23-24(4)18(15)25/h9-10H,6-8H2,1-5H3. The molecule has 0 amide bonds. The fraction of sp³-hybridized carbons (Fsp3) is 0.474. The van der Waals surface area contributed by atoms with Crippen molar-refractivity contribution in [1.29, 1.82) is 0 Å². The molecule has 26 heavy (non-hydrogen) atoms. The molecule has 0 atom stereocenters. The monoisotopic (exact) mass is 384 g/mol. The number of hydrogen-bond donors (Lipinski definition) is 0. The second-order valence-corrected chi connectivity index (χ2v) is 6.85. The molecule has 142 valence electrons. The molecular formula is C19H23F3N2OS. The normalized spacial score (nSPS) is 11.8. The van der Waals surface area contributed by atoms with Crippen LogP contribution in [-0.4, -0.2) is 16.0 Å². The van der Waals surface area contributed by atoms with Crippen molar-refractivity contribution >= 4 is 11.8 Å². The highest BCUT2D eigenvalue weighted by molar-refractivity contribution is 7.98. The van der Waals surface area contributed by atoms with Crippen LogP contribution in [-0.2, 0) is 32.5 Å². The number of benzene rings is 1. The first-order chi connectivity index (χ1) is 12.2. The summed E-state index contributed by atoms with van der Waals surface area (Å²) in [6.45, 7) is 5.94. The van der Waals surface area contributed by atoms with E-state index in [1.807, 2.05) is 32.9 Å². The van der Waals surface area contributed by atoms with Crippen LogP contribution >= 0.6 is 11.8 Å². The summed E-state index contributed by atoms with van der Waals surface area (Å²) < 4.78 is 41.4. The van der Waals surface area contributed by atoms with Crippen molar-refractivity contribution < 1.29 is 13.2 Å². The number of aromatic nitrogens is 2. The van der Waals surface area contributed by atoms with Crippen molar-refractivity contribution in [2.75, 3.05) is 6.26 Å². The maximum absolute atomic E-state index is 13.5. The summed E-state index contributed by atoms with van der Waals surface area (Å²) >= 11 is 0.919. The second kappa shape index (κ2) is 7.86. The zero-order chi connectivity index (χ0) is 19.6. The minimum absolute atomic E-state index is 0.103. The fourth-order valence-corrected chi connectivity index (χ4v) is 3.89. The van der Waals surface area contributed by atoms with E-state index in [0.29, 0.717) is 18.4 Å². The Balaban J connectivity index is 3.02. The molecular weight excluding hydrogens is 361 g/mol. The van der Waals surface area contributed by atoms with Gasteiger partial charge in [0, 0.05) is 7.05 Å². The first-order valence-corrected chi connectivity index (χ1v) is 9.79. The average molecular weight is 384 g/mol. The van der Waals surface area contributed by atoms with Gasteiger partial charge >= 0.3 is 6.18 Å². The van der Waals surface area contributed by atoms with E-state index in [-0.39, 0.29) is 10.5 Å². The Hall–Kier alpha value is -1.76. The molecule has 0 unspecified atom stereocenters. The number of nitrogens with zero attached hydrogens (tertiary/aromatic N) is 2. The molecule has 0 aliphatic heterocycles.